The second kappa shape index (κ2) is 11.0. The SMILES string of the molecule is C=C/C=C\C(C)=C(/C)C(=O)Nc1cc(C)c(S(=O)(=O)N[C@H](C)C2CCN(C)CC2)cc1F. The predicted octanol–water partition coefficient (Wildman–Crippen LogP) is 4.16. The van der Waals surface area contributed by atoms with Crippen LogP contribution >= 0.6 is 0 Å². The highest BCUT2D eigenvalue weighted by atomic mass is 32.2. The summed E-state index contributed by atoms with van der Waals surface area (Å²) in [5, 5.41) is 2.53. The minimum atomic E-state index is -3.90. The minimum absolute atomic E-state index is 0.0605. The van der Waals surface area contributed by atoms with E-state index in [2.05, 4.69) is 21.5 Å². The lowest BCUT2D eigenvalue weighted by Crippen LogP contribution is -2.43. The van der Waals surface area contributed by atoms with Gasteiger partial charge in [0, 0.05) is 11.6 Å². The number of allylic oxidation sites excluding steroid dienone is 4. The first kappa shape index (κ1) is 26.0. The number of sulfonamides is 1. The molecule has 0 spiro atoms. The first-order chi connectivity index (χ1) is 15.0. The molecule has 1 aliphatic rings. The number of aryl methyl sites for hydroxylation is 1. The number of carbonyl (C=O) groups is 1. The Morgan fingerprint density at radius 2 is 1.91 bits per heavy atom. The fourth-order valence-corrected chi connectivity index (χ4v) is 5.26. The van der Waals surface area contributed by atoms with Gasteiger partial charge < -0.3 is 10.2 Å². The van der Waals surface area contributed by atoms with Crippen molar-refractivity contribution in [2.24, 2.45) is 5.92 Å². The summed E-state index contributed by atoms with van der Waals surface area (Å²) in [6.07, 6.45) is 6.85. The highest BCUT2D eigenvalue weighted by Gasteiger charge is 2.28. The predicted molar refractivity (Wildman–Crippen MR) is 127 cm³/mol. The van der Waals surface area contributed by atoms with Gasteiger partial charge in [0.05, 0.1) is 10.6 Å². The standard InChI is InChI=1S/C24H34FN3O3S/c1-7-8-9-16(2)18(4)24(29)26-22-14-17(3)23(15-21(22)25)32(30,31)27-19(5)20-10-12-28(6)13-11-20/h7-9,14-15,19-20,27H,1,10-13H2,2-6H3,(H,26,29)/b9-8-,18-16+/t19-/m1/s1. The molecule has 0 aromatic heterocycles. The molecule has 1 amide bonds. The number of piperidine rings is 1. The van der Waals surface area contributed by atoms with E-state index in [-0.39, 0.29) is 22.5 Å². The summed E-state index contributed by atoms with van der Waals surface area (Å²) < 4.78 is 43.4. The maximum absolute atomic E-state index is 14.8. The van der Waals surface area contributed by atoms with Crippen molar-refractivity contribution in [1.82, 2.24) is 9.62 Å². The summed E-state index contributed by atoms with van der Waals surface area (Å²) in [7, 11) is -1.86. The smallest absolute Gasteiger partial charge is 0.251 e. The van der Waals surface area contributed by atoms with Crippen LogP contribution in [0.2, 0.25) is 0 Å². The second-order valence-corrected chi connectivity index (χ2v) is 10.2. The number of halogens is 1. The van der Waals surface area contributed by atoms with Crippen molar-refractivity contribution in [3.05, 3.63) is 59.5 Å². The lowest BCUT2D eigenvalue weighted by molar-refractivity contribution is -0.112. The molecule has 176 valence electrons. The zero-order valence-electron chi connectivity index (χ0n) is 19.5. The molecule has 1 atom stereocenters. The average Bonchev–Trinajstić information content (AvgIpc) is 2.73. The molecular weight excluding hydrogens is 429 g/mol. The largest absolute Gasteiger partial charge is 0.320 e. The van der Waals surface area contributed by atoms with Crippen LogP contribution in [0.5, 0.6) is 0 Å². The Hall–Kier alpha value is -2.29. The fraction of sp³-hybridized carbons (Fsp3) is 0.458. The Kier molecular flexibility index (Phi) is 8.95. The number of rotatable bonds is 8. The van der Waals surface area contributed by atoms with E-state index in [9.17, 15) is 17.6 Å². The number of carbonyl (C=O) groups excluding carboxylic acids is 1. The molecule has 32 heavy (non-hydrogen) atoms. The topological polar surface area (TPSA) is 78.5 Å². The van der Waals surface area contributed by atoms with E-state index < -0.39 is 21.7 Å². The van der Waals surface area contributed by atoms with Gasteiger partial charge in [0.2, 0.25) is 10.0 Å². The maximum Gasteiger partial charge on any atom is 0.251 e. The molecule has 0 bridgehead atoms. The van der Waals surface area contributed by atoms with E-state index in [4.69, 9.17) is 0 Å². The number of nitrogens with zero attached hydrogens (tertiary/aromatic N) is 1. The van der Waals surface area contributed by atoms with Gasteiger partial charge in [0.15, 0.2) is 0 Å². The molecule has 0 unspecified atom stereocenters. The number of hydrogen-bond donors (Lipinski definition) is 2. The third-order valence-corrected chi connectivity index (χ3v) is 7.73. The van der Waals surface area contributed by atoms with Crippen molar-refractivity contribution in [3.8, 4) is 0 Å². The van der Waals surface area contributed by atoms with E-state index in [1.54, 1.807) is 39.0 Å². The van der Waals surface area contributed by atoms with Crippen molar-refractivity contribution in [1.29, 1.82) is 0 Å². The molecule has 1 heterocycles. The van der Waals surface area contributed by atoms with Crippen LogP contribution in [0.15, 0.2) is 53.0 Å². The zero-order valence-corrected chi connectivity index (χ0v) is 20.4. The fourth-order valence-electron chi connectivity index (χ4n) is 3.71. The second-order valence-electron chi connectivity index (χ2n) is 8.51. The van der Waals surface area contributed by atoms with Crippen LogP contribution in [-0.2, 0) is 14.8 Å². The van der Waals surface area contributed by atoms with E-state index in [0.29, 0.717) is 16.7 Å². The molecule has 1 fully saturated rings. The maximum atomic E-state index is 14.8. The van der Waals surface area contributed by atoms with Gasteiger partial charge in [0.25, 0.3) is 5.91 Å². The van der Waals surface area contributed by atoms with Crippen LogP contribution in [0.1, 0.15) is 39.2 Å². The minimum Gasteiger partial charge on any atom is -0.320 e. The average molecular weight is 464 g/mol. The Balaban J connectivity index is 2.20. The van der Waals surface area contributed by atoms with Gasteiger partial charge in [-0.2, -0.15) is 0 Å². The van der Waals surface area contributed by atoms with Gasteiger partial charge in [0.1, 0.15) is 5.82 Å². The molecule has 1 aliphatic heterocycles. The number of anilines is 1. The monoisotopic (exact) mass is 463 g/mol. The summed E-state index contributed by atoms with van der Waals surface area (Å²) in [5.74, 6) is -1.03. The first-order valence-corrected chi connectivity index (χ1v) is 12.2. The summed E-state index contributed by atoms with van der Waals surface area (Å²) in [6, 6.07) is 2.07. The van der Waals surface area contributed by atoms with Crippen molar-refractivity contribution in [3.63, 3.8) is 0 Å². The Morgan fingerprint density at radius 3 is 2.50 bits per heavy atom. The van der Waals surface area contributed by atoms with Crippen molar-refractivity contribution < 1.29 is 17.6 Å². The van der Waals surface area contributed by atoms with Crippen molar-refractivity contribution in [2.75, 3.05) is 25.5 Å². The summed E-state index contributed by atoms with van der Waals surface area (Å²) >= 11 is 0. The lowest BCUT2D eigenvalue weighted by atomic mass is 9.91. The van der Waals surface area contributed by atoms with E-state index in [1.807, 2.05) is 14.0 Å². The molecule has 6 nitrogen and oxygen atoms in total. The Bertz CT molecular complexity index is 1020. The molecule has 0 aliphatic carbocycles. The van der Waals surface area contributed by atoms with Crippen LogP contribution in [0.3, 0.4) is 0 Å². The molecule has 2 N–H and O–H groups in total. The molecule has 1 aromatic rings. The van der Waals surface area contributed by atoms with E-state index in [1.165, 1.54) is 6.07 Å². The van der Waals surface area contributed by atoms with Crippen LogP contribution in [-0.4, -0.2) is 45.4 Å². The molecular formula is C24H34FN3O3S. The van der Waals surface area contributed by atoms with Crippen LogP contribution in [0.4, 0.5) is 10.1 Å². The zero-order chi connectivity index (χ0) is 24.1. The van der Waals surface area contributed by atoms with Crippen molar-refractivity contribution >= 4 is 21.6 Å². The van der Waals surface area contributed by atoms with Gasteiger partial charge in [-0.05, 0) is 89.9 Å². The Labute approximate surface area is 191 Å². The van der Waals surface area contributed by atoms with Gasteiger partial charge >= 0.3 is 0 Å². The van der Waals surface area contributed by atoms with Crippen LogP contribution in [0.25, 0.3) is 0 Å². The highest BCUT2D eigenvalue weighted by Crippen LogP contribution is 2.26. The van der Waals surface area contributed by atoms with Gasteiger partial charge in [-0.3, -0.25) is 4.79 Å². The van der Waals surface area contributed by atoms with Gasteiger partial charge in [-0.1, -0.05) is 24.8 Å². The molecule has 1 aromatic carbocycles. The molecule has 8 heteroatoms. The number of hydrogen-bond acceptors (Lipinski definition) is 4. The third-order valence-electron chi connectivity index (χ3n) is 6.03. The Morgan fingerprint density at radius 1 is 1.28 bits per heavy atom. The number of likely N-dealkylation sites (tertiary alicyclic amines) is 1. The van der Waals surface area contributed by atoms with Crippen LogP contribution < -0.4 is 10.0 Å². The van der Waals surface area contributed by atoms with E-state index in [0.717, 1.165) is 32.0 Å². The van der Waals surface area contributed by atoms with Crippen molar-refractivity contribution in [2.45, 2.75) is 51.5 Å². The van der Waals surface area contributed by atoms with Gasteiger partial charge in [-0.25, -0.2) is 17.5 Å². The highest BCUT2D eigenvalue weighted by molar-refractivity contribution is 7.89. The molecule has 0 saturated carbocycles. The number of benzene rings is 1. The summed E-state index contributed by atoms with van der Waals surface area (Å²) in [6.45, 7) is 12.3. The molecule has 0 radical (unpaired) electrons. The summed E-state index contributed by atoms with van der Waals surface area (Å²) in [4.78, 5) is 14.6. The number of amides is 1. The van der Waals surface area contributed by atoms with E-state index >= 15 is 0 Å². The molecule has 1 saturated heterocycles. The third kappa shape index (κ3) is 6.60. The molecule has 2 rings (SSSR count). The van der Waals surface area contributed by atoms with Crippen LogP contribution in [0, 0.1) is 18.7 Å². The lowest BCUT2D eigenvalue weighted by Gasteiger charge is -2.33. The normalized spacial score (nSPS) is 17.8. The summed E-state index contributed by atoms with van der Waals surface area (Å²) in [5.41, 5.74) is 1.43. The number of nitrogens with one attached hydrogen (secondary N) is 2. The van der Waals surface area contributed by atoms with Gasteiger partial charge in [-0.15, -0.1) is 0 Å². The first-order valence-electron chi connectivity index (χ1n) is 10.7. The quantitative estimate of drug-likeness (QED) is 0.448.